The number of fused-ring (bicyclic) bond motifs is 3. The van der Waals surface area contributed by atoms with Gasteiger partial charge in [0.05, 0.1) is 13.2 Å². The van der Waals surface area contributed by atoms with Gasteiger partial charge in [-0.3, -0.25) is 13.9 Å². The summed E-state index contributed by atoms with van der Waals surface area (Å²) in [4.78, 5) is 33.6. The number of halogens is 1. The molecule has 9 heteroatoms. The third kappa shape index (κ3) is 3.77. The highest BCUT2D eigenvalue weighted by atomic mass is 35.5. The van der Waals surface area contributed by atoms with Gasteiger partial charge in [-0.1, -0.05) is 30.7 Å². The highest BCUT2D eigenvalue weighted by Gasteiger charge is 2.29. The van der Waals surface area contributed by atoms with Crippen LogP contribution in [0.1, 0.15) is 19.4 Å². The zero-order valence-corrected chi connectivity index (χ0v) is 20.1. The summed E-state index contributed by atoms with van der Waals surface area (Å²) in [5.74, 6) is 1.74. The monoisotopic (exact) mass is 479 g/mol. The summed E-state index contributed by atoms with van der Waals surface area (Å²) in [5, 5.41) is 0.604. The summed E-state index contributed by atoms with van der Waals surface area (Å²) in [6.45, 7) is 6.26. The Morgan fingerprint density at radius 1 is 1.06 bits per heavy atom. The van der Waals surface area contributed by atoms with E-state index in [2.05, 4.69) is 11.8 Å². The van der Waals surface area contributed by atoms with Crippen molar-refractivity contribution in [3.63, 3.8) is 0 Å². The van der Waals surface area contributed by atoms with Crippen molar-refractivity contribution >= 4 is 34.4 Å². The first kappa shape index (κ1) is 22.3. The molecular formula is C25H26ClN5O3. The molecule has 0 spiro atoms. The topological polar surface area (TPSA) is 74.3 Å². The fourth-order valence-electron chi connectivity index (χ4n) is 4.52. The second kappa shape index (κ2) is 8.68. The molecule has 2 aromatic heterocycles. The third-order valence-corrected chi connectivity index (χ3v) is 6.41. The third-order valence-electron chi connectivity index (χ3n) is 6.16. The Morgan fingerprint density at radius 2 is 1.76 bits per heavy atom. The van der Waals surface area contributed by atoms with E-state index in [1.165, 1.54) is 9.13 Å². The molecule has 5 rings (SSSR count). The summed E-state index contributed by atoms with van der Waals surface area (Å²) in [7, 11) is 1.66. The first-order valence-electron chi connectivity index (χ1n) is 11.3. The van der Waals surface area contributed by atoms with Crippen molar-refractivity contribution in [1.82, 2.24) is 18.7 Å². The number of nitrogens with zero attached hydrogens (tertiary/aromatic N) is 5. The second-order valence-electron chi connectivity index (χ2n) is 8.70. The van der Waals surface area contributed by atoms with Crippen LogP contribution in [0, 0.1) is 5.92 Å². The van der Waals surface area contributed by atoms with Gasteiger partial charge < -0.3 is 14.2 Å². The molecule has 1 atom stereocenters. The number of aromatic nitrogens is 4. The summed E-state index contributed by atoms with van der Waals surface area (Å²) >= 11 is 5.99. The Labute approximate surface area is 201 Å². The Balaban J connectivity index is 1.65. The predicted octanol–water partition coefficient (Wildman–Crippen LogP) is 3.78. The fourth-order valence-corrected chi connectivity index (χ4v) is 4.65. The van der Waals surface area contributed by atoms with Gasteiger partial charge in [0.15, 0.2) is 11.2 Å². The van der Waals surface area contributed by atoms with Gasteiger partial charge in [-0.25, -0.2) is 4.79 Å². The number of ether oxygens (including phenoxy) is 1. The van der Waals surface area contributed by atoms with Crippen molar-refractivity contribution in [1.29, 1.82) is 0 Å². The molecule has 1 unspecified atom stereocenters. The van der Waals surface area contributed by atoms with Gasteiger partial charge >= 0.3 is 5.69 Å². The van der Waals surface area contributed by atoms with E-state index in [1.54, 1.807) is 19.2 Å². The number of hydrogen-bond acceptors (Lipinski definition) is 5. The first-order chi connectivity index (χ1) is 16.4. The van der Waals surface area contributed by atoms with Gasteiger partial charge in [-0.2, -0.15) is 4.98 Å². The standard InChI is InChI=1S/C25H26ClN5O3/c1-4-34-20-11-9-19(10-12-20)29-13-16(2)14-30-21-22(27-24(29)30)28(3)25(33)31(23(21)32)15-17-5-7-18(26)8-6-17/h5-12,16H,4,13-15H2,1-3H3. The van der Waals surface area contributed by atoms with Gasteiger partial charge in [-0.05, 0) is 54.8 Å². The van der Waals surface area contributed by atoms with Crippen molar-refractivity contribution in [2.45, 2.75) is 26.9 Å². The maximum atomic E-state index is 13.6. The fraction of sp³-hybridized carbons (Fsp3) is 0.320. The Kier molecular flexibility index (Phi) is 5.69. The molecule has 0 amide bonds. The molecule has 0 aliphatic carbocycles. The molecule has 1 aliphatic heterocycles. The van der Waals surface area contributed by atoms with Crippen LogP contribution in [0.15, 0.2) is 58.1 Å². The highest BCUT2D eigenvalue weighted by Crippen LogP contribution is 2.33. The van der Waals surface area contributed by atoms with E-state index in [0.29, 0.717) is 35.3 Å². The smallest absolute Gasteiger partial charge is 0.332 e. The molecule has 34 heavy (non-hydrogen) atoms. The predicted molar refractivity (Wildman–Crippen MR) is 134 cm³/mol. The van der Waals surface area contributed by atoms with Crippen molar-refractivity contribution in [2.75, 3.05) is 18.1 Å². The largest absolute Gasteiger partial charge is 0.494 e. The Hall–Kier alpha value is -3.52. The quantitative estimate of drug-likeness (QED) is 0.435. The molecule has 0 saturated carbocycles. The molecule has 0 saturated heterocycles. The lowest BCUT2D eigenvalue weighted by Gasteiger charge is -2.33. The van der Waals surface area contributed by atoms with Crippen LogP contribution >= 0.6 is 11.6 Å². The molecule has 2 aromatic carbocycles. The maximum absolute atomic E-state index is 13.6. The minimum absolute atomic E-state index is 0.164. The van der Waals surface area contributed by atoms with Gasteiger partial charge in [0.1, 0.15) is 5.75 Å². The molecule has 8 nitrogen and oxygen atoms in total. The average molecular weight is 480 g/mol. The lowest BCUT2D eigenvalue weighted by molar-refractivity contribution is 0.340. The van der Waals surface area contributed by atoms with E-state index in [-0.39, 0.29) is 18.0 Å². The van der Waals surface area contributed by atoms with Crippen LogP contribution in [0.2, 0.25) is 5.02 Å². The van der Waals surface area contributed by atoms with Gasteiger partial charge in [-0.15, -0.1) is 0 Å². The number of anilines is 2. The molecular weight excluding hydrogens is 454 g/mol. The SMILES string of the molecule is CCOc1ccc(N2CC(C)Cn3c2nc2c3c(=O)n(Cc3ccc(Cl)cc3)c(=O)n2C)cc1. The molecule has 0 bridgehead atoms. The van der Waals surface area contributed by atoms with Crippen LogP contribution in [0.3, 0.4) is 0 Å². The first-order valence-corrected chi connectivity index (χ1v) is 11.7. The van der Waals surface area contributed by atoms with Gasteiger partial charge in [0.25, 0.3) is 5.56 Å². The molecule has 0 fully saturated rings. The zero-order valence-electron chi connectivity index (χ0n) is 19.4. The average Bonchev–Trinajstić information content (AvgIpc) is 3.21. The van der Waals surface area contributed by atoms with E-state index in [1.807, 2.05) is 47.9 Å². The minimum atomic E-state index is -0.399. The lowest BCUT2D eigenvalue weighted by atomic mass is 10.1. The zero-order chi connectivity index (χ0) is 24.0. The van der Waals surface area contributed by atoms with E-state index in [4.69, 9.17) is 21.3 Å². The second-order valence-corrected chi connectivity index (χ2v) is 9.13. The molecule has 176 valence electrons. The van der Waals surface area contributed by atoms with Crippen molar-refractivity contribution in [3.05, 3.63) is 80.0 Å². The van der Waals surface area contributed by atoms with Crippen LogP contribution in [0.5, 0.6) is 5.75 Å². The van der Waals surface area contributed by atoms with Gasteiger partial charge in [0.2, 0.25) is 5.95 Å². The molecule has 0 radical (unpaired) electrons. The lowest BCUT2D eigenvalue weighted by Crippen LogP contribution is -2.40. The van der Waals surface area contributed by atoms with Crippen LogP contribution in [0.25, 0.3) is 11.2 Å². The summed E-state index contributed by atoms with van der Waals surface area (Å²) < 4.78 is 10.2. The van der Waals surface area contributed by atoms with Crippen molar-refractivity contribution in [3.8, 4) is 5.75 Å². The van der Waals surface area contributed by atoms with Crippen LogP contribution in [-0.4, -0.2) is 31.8 Å². The Morgan fingerprint density at radius 3 is 2.44 bits per heavy atom. The maximum Gasteiger partial charge on any atom is 0.332 e. The van der Waals surface area contributed by atoms with E-state index in [9.17, 15) is 9.59 Å². The minimum Gasteiger partial charge on any atom is -0.494 e. The summed E-state index contributed by atoms with van der Waals surface area (Å²) in [5.41, 5.74) is 1.87. The molecule has 4 aromatic rings. The normalized spacial score (nSPS) is 15.5. The molecule has 0 N–H and O–H groups in total. The number of benzene rings is 2. The van der Waals surface area contributed by atoms with Crippen LogP contribution < -0.4 is 20.9 Å². The number of aryl methyl sites for hydroxylation is 1. The van der Waals surface area contributed by atoms with Crippen LogP contribution in [-0.2, 0) is 20.1 Å². The van der Waals surface area contributed by atoms with Crippen molar-refractivity contribution in [2.24, 2.45) is 13.0 Å². The summed E-state index contributed by atoms with van der Waals surface area (Å²) in [6.07, 6.45) is 0. The van der Waals surface area contributed by atoms with E-state index < -0.39 is 5.69 Å². The van der Waals surface area contributed by atoms with Crippen molar-refractivity contribution < 1.29 is 4.74 Å². The summed E-state index contributed by atoms with van der Waals surface area (Å²) in [6, 6.07) is 15.0. The number of rotatable bonds is 5. The van der Waals surface area contributed by atoms with Crippen LogP contribution in [0.4, 0.5) is 11.6 Å². The molecule has 1 aliphatic rings. The molecule has 3 heterocycles. The van der Waals surface area contributed by atoms with E-state index in [0.717, 1.165) is 23.5 Å². The van der Waals surface area contributed by atoms with E-state index >= 15 is 0 Å². The number of imidazole rings is 1. The highest BCUT2D eigenvalue weighted by molar-refractivity contribution is 6.30. The van der Waals surface area contributed by atoms with Gasteiger partial charge in [0, 0.05) is 30.8 Å². The number of hydrogen-bond donors (Lipinski definition) is 0. The Bertz CT molecular complexity index is 1470.